The van der Waals surface area contributed by atoms with Gasteiger partial charge in [-0.3, -0.25) is 0 Å². The highest BCUT2D eigenvalue weighted by atomic mass is 32.2. The van der Waals surface area contributed by atoms with E-state index < -0.39 is 26.5 Å². The number of aryl methyl sites for hydroxylation is 1. The molecule has 0 amide bonds. The van der Waals surface area contributed by atoms with Gasteiger partial charge in [-0.15, -0.1) is 0 Å². The van der Waals surface area contributed by atoms with Crippen molar-refractivity contribution in [3.05, 3.63) is 60.0 Å². The number of sulfone groups is 1. The van der Waals surface area contributed by atoms with Crippen LogP contribution in [0.15, 0.2) is 58.6 Å². The van der Waals surface area contributed by atoms with E-state index in [1.54, 1.807) is 15.3 Å². The molecule has 0 saturated carbocycles. The van der Waals surface area contributed by atoms with Crippen molar-refractivity contribution in [1.82, 2.24) is 14.3 Å². The van der Waals surface area contributed by atoms with E-state index in [0.29, 0.717) is 5.82 Å². The highest BCUT2D eigenvalue weighted by molar-refractivity contribution is 7.91. The van der Waals surface area contributed by atoms with Gasteiger partial charge in [0.25, 0.3) is 0 Å². The quantitative estimate of drug-likeness (QED) is 0.655. The molecule has 0 unspecified atom stereocenters. The van der Waals surface area contributed by atoms with Crippen LogP contribution in [0.25, 0.3) is 5.82 Å². The number of benzene rings is 1. The van der Waals surface area contributed by atoms with Gasteiger partial charge in [0.2, 0.25) is 9.84 Å². The minimum Gasteiger partial charge on any atom is -0.307 e. The van der Waals surface area contributed by atoms with Crippen LogP contribution in [0.3, 0.4) is 0 Å². The molecule has 2 aromatic heterocycles. The van der Waals surface area contributed by atoms with E-state index in [1.165, 1.54) is 24.5 Å². The molecular weight excluding hydrogens is 379 g/mol. The monoisotopic (exact) mass is 397 g/mol. The Morgan fingerprint density at radius 1 is 1.11 bits per heavy atom. The van der Waals surface area contributed by atoms with E-state index >= 15 is 0 Å². The number of alkyl halides is 3. The molecule has 0 spiro atoms. The molecule has 2 heterocycles. The normalized spacial score (nSPS) is 12.7. The maximum atomic E-state index is 13.2. The zero-order chi connectivity index (χ0) is 20.0. The minimum atomic E-state index is -4.76. The summed E-state index contributed by atoms with van der Waals surface area (Å²) < 4.78 is 68.6. The van der Waals surface area contributed by atoms with E-state index in [0.717, 1.165) is 23.9 Å². The summed E-state index contributed by atoms with van der Waals surface area (Å²) in [7, 11) is -4.34. The third-order valence-electron chi connectivity index (χ3n) is 4.05. The van der Waals surface area contributed by atoms with E-state index in [1.807, 2.05) is 20.8 Å². The number of aromatic nitrogens is 3. The van der Waals surface area contributed by atoms with Crippen LogP contribution in [0.4, 0.5) is 13.2 Å². The molecule has 144 valence electrons. The highest BCUT2D eigenvalue weighted by Crippen LogP contribution is 2.36. The number of nitrogens with zero attached hydrogens (tertiary/aromatic N) is 3. The number of halogens is 3. The van der Waals surface area contributed by atoms with Crippen molar-refractivity contribution in [2.24, 2.45) is 0 Å². The molecule has 0 fully saturated rings. The largest absolute Gasteiger partial charge is 0.417 e. The van der Waals surface area contributed by atoms with Crippen LogP contribution in [0.1, 0.15) is 31.1 Å². The van der Waals surface area contributed by atoms with Crippen molar-refractivity contribution in [3.8, 4) is 5.82 Å². The second kappa shape index (κ2) is 6.56. The maximum absolute atomic E-state index is 13.2. The summed E-state index contributed by atoms with van der Waals surface area (Å²) in [4.78, 5) is -0.975. The van der Waals surface area contributed by atoms with Gasteiger partial charge in [0, 0.05) is 24.5 Å². The van der Waals surface area contributed by atoms with Crippen LogP contribution in [-0.2, 0) is 16.0 Å². The van der Waals surface area contributed by atoms with E-state index in [-0.39, 0.29) is 10.9 Å². The lowest BCUT2D eigenvalue weighted by Crippen LogP contribution is -2.13. The number of hydrogen-bond donors (Lipinski definition) is 0. The van der Waals surface area contributed by atoms with Crippen LogP contribution in [0.5, 0.6) is 0 Å². The van der Waals surface area contributed by atoms with Gasteiger partial charge in [0.1, 0.15) is 5.82 Å². The Balaban J connectivity index is 2.10. The molecule has 1 aromatic carbocycles. The molecule has 0 saturated heterocycles. The lowest BCUT2D eigenvalue weighted by atomic mass is 10.2. The summed E-state index contributed by atoms with van der Waals surface area (Å²) in [6.45, 7) is 5.66. The molecule has 0 aliphatic carbocycles. The summed E-state index contributed by atoms with van der Waals surface area (Å²) in [5, 5.41) is 4.36. The van der Waals surface area contributed by atoms with Gasteiger partial charge in [0.15, 0.2) is 0 Å². The number of rotatable bonds is 4. The van der Waals surface area contributed by atoms with Gasteiger partial charge in [-0.2, -0.15) is 18.3 Å². The molecule has 3 rings (SSSR count). The average Bonchev–Trinajstić information content (AvgIpc) is 3.21. The Kier molecular flexibility index (Phi) is 4.67. The molecule has 27 heavy (non-hydrogen) atoms. The first kappa shape index (κ1) is 19.2. The second-order valence-electron chi connectivity index (χ2n) is 6.43. The second-order valence-corrected chi connectivity index (χ2v) is 8.35. The molecule has 0 atom stereocenters. The van der Waals surface area contributed by atoms with E-state index in [2.05, 4.69) is 5.10 Å². The first-order valence-corrected chi connectivity index (χ1v) is 9.66. The van der Waals surface area contributed by atoms with Gasteiger partial charge >= 0.3 is 6.18 Å². The predicted octanol–water partition coefficient (Wildman–Crippen LogP) is 4.41. The van der Waals surface area contributed by atoms with Crippen molar-refractivity contribution < 1.29 is 21.6 Å². The average molecular weight is 397 g/mol. The van der Waals surface area contributed by atoms with Crippen LogP contribution < -0.4 is 0 Å². The molecule has 0 bridgehead atoms. The van der Waals surface area contributed by atoms with Gasteiger partial charge < -0.3 is 4.57 Å². The molecule has 0 aliphatic heterocycles. The smallest absolute Gasteiger partial charge is 0.307 e. The van der Waals surface area contributed by atoms with E-state index in [9.17, 15) is 21.6 Å². The summed E-state index contributed by atoms with van der Waals surface area (Å²) >= 11 is 0. The SMILES string of the molecule is Cc1cc(-n2ccc(S(=O)(=O)c3ccccc3C(F)(F)F)c2)n(C(C)C)n1. The number of hydrogen-bond acceptors (Lipinski definition) is 3. The summed E-state index contributed by atoms with van der Waals surface area (Å²) in [6.07, 6.45) is -1.96. The maximum Gasteiger partial charge on any atom is 0.417 e. The summed E-state index contributed by atoms with van der Waals surface area (Å²) in [5.74, 6) is 0.632. The van der Waals surface area contributed by atoms with Crippen LogP contribution >= 0.6 is 0 Å². The Hall–Kier alpha value is -2.55. The minimum absolute atomic E-state index is 0.0297. The fourth-order valence-corrected chi connectivity index (χ4v) is 4.29. The fourth-order valence-electron chi connectivity index (χ4n) is 2.82. The molecule has 0 aliphatic rings. The molecule has 0 N–H and O–H groups in total. The lowest BCUT2D eigenvalue weighted by Gasteiger charge is -2.13. The predicted molar refractivity (Wildman–Crippen MR) is 93.6 cm³/mol. The molecule has 3 aromatic rings. The Morgan fingerprint density at radius 3 is 2.41 bits per heavy atom. The Morgan fingerprint density at radius 2 is 1.78 bits per heavy atom. The Bertz CT molecular complexity index is 1080. The van der Waals surface area contributed by atoms with Gasteiger partial charge in [0.05, 0.1) is 21.0 Å². The molecule has 5 nitrogen and oxygen atoms in total. The van der Waals surface area contributed by atoms with Crippen molar-refractivity contribution in [3.63, 3.8) is 0 Å². The third kappa shape index (κ3) is 3.51. The summed E-state index contributed by atoms with van der Waals surface area (Å²) in [6, 6.07) is 7.27. The summed E-state index contributed by atoms with van der Waals surface area (Å²) in [5.41, 5.74) is -0.431. The zero-order valence-corrected chi connectivity index (χ0v) is 15.7. The first-order chi connectivity index (χ1) is 12.5. The standard InChI is InChI=1S/C18H18F3N3O2S/c1-12(2)24-17(10-13(3)22-24)23-9-8-14(11-23)27(25,26)16-7-5-4-6-15(16)18(19,20)21/h4-12H,1-3H3. The van der Waals surface area contributed by atoms with E-state index in [4.69, 9.17) is 0 Å². The molecular formula is C18H18F3N3O2S. The van der Waals surface area contributed by atoms with Crippen molar-refractivity contribution >= 4 is 9.84 Å². The van der Waals surface area contributed by atoms with Gasteiger partial charge in [-0.1, -0.05) is 12.1 Å². The van der Waals surface area contributed by atoms with Crippen molar-refractivity contribution in [1.29, 1.82) is 0 Å². The van der Waals surface area contributed by atoms with Crippen molar-refractivity contribution in [2.45, 2.75) is 42.8 Å². The van der Waals surface area contributed by atoms with Crippen molar-refractivity contribution in [2.75, 3.05) is 0 Å². The topological polar surface area (TPSA) is 56.9 Å². The molecule has 9 heteroatoms. The van der Waals surface area contributed by atoms with Crippen LogP contribution in [0, 0.1) is 6.92 Å². The lowest BCUT2D eigenvalue weighted by molar-refractivity contribution is -0.139. The van der Waals surface area contributed by atoms with Crippen LogP contribution in [0.2, 0.25) is 0 Å². The molecule has 0 radical (unpaired) electrons. The highest BCUT2D eigenvalue weighted by Gasteiger charge is 2.37. The zero-order valence-electron chi connectivity index (χ0n) is 14.9. The Labute approximate surface area is 155 Å². The van der Waals surface area contributed by atoms with Crippen LogP contribution in [-0.4, -0.2) is 22.8 Å². The fraction of sp³-hybridized carbons (Fsp3) is 0.278. The first-order valence-electron chi connectivity index (χ1n) is 8.17. The van der Waals surface area contributed by atoms with Gasteiger partial charge in [-0.05, 0) is 39.0 Å². The van der Waals surface area contributed by atoms with Gasteiger partial charge in [-0.25, -0.2) is 13.1 Å². The third-order valence-corrected chi connectivity index (χ3v) is 5.85.